The van der Waals surface area contributed by atoms with Crippen LogP contribution in [-0.4, -0.2) is 35.8 Å². The van der Waals surface area contributed by atoms with E-state index in [1.165, 1.54) is 0 Å². The van der Waals surface area contributed by atoms with Crippen molar-refractivity contribution in [3.8, 4) is 0 Å². The van der Waals surface area contributed by atoms with Crippen LogP contribution < -0.4 is 0 Å². The summed E-state index contributed by atoms with van der Waals surface area (Å²) in [5, 5.41) is 0. The number of allylic oxidation sites excluding steroid dienone is 5. The molecule has 0 aromatic carbocycles. The lowest BCUT2D eigenvalue weighted by molar-refractivity contribution is -0.0196. The van der Waals surface area contributed by atoms with Gasteiger partial charge in [-0.25, -0.2) is 4.79 Å². The standard InChI is InChI=1S/C20H31NO3.C2H6/c1-7-10-11-16(8-2)14-18(9-3)23-15-17-12-13-21(17)19(22)24-20(4,5)6;1-2/h7-9,14,17H,1-2,10-13,15H2,3-6H3;1-2H3/b16-14+,18-9+;. The van der Waals surface area contributed by atoms with E-state index in [1.54, 1.807) is 4.90 Å². The van der Waals surface area contributed by atoms with Gasteiger partial charge in [-0.3, -0.25) is 0 Å². The Bertz CT molecular complexity index is 512. The quantitative estimate of drug-likeness (QED) is 0.301. The van der Waals surface area contributed by atoms with Crippen LogP contribution >= 0.6 is 0 Å². The van der Waals surface area contributed by atoms with Crippen molar-refractivity contribution in [3.63, 3.8) is 0 Å². The number of hydrogen-bond donors (Lipinski definition) is 0. The van der Waals surface area contributed by atoms with Crippen molar-refractivity contribution in [2.45, 2.75) is 72.4 Å². The normalized spacial score (nSPS) is 17.5. The van der Waals surface area contributed by atoms with Crippen molar-refractivity contribution in [1.29, 1.82) is 0 Å². The lowest BCUT2D eigenvalue weighted by atomic mass is 10.1. The van der Waals surface area contributed by atoms with Crippen LogP contribution in [-0.2, 0) is 9.47 Å². The highest BCUT2D eigenvalue weighted by atomic mass is 16.6. The third kappa shape index (κ3) is 8.93. The van der Waals surface area contributed by atoms with E-state index in [2.05, 4.69) is 13.2 Å². The molecule has 26 heavy (non-hydrogen) atoms. The molecule has 1 atom stereocenters. The predicted molar refractivity (Wildman–Crippen MR) is 110 cm³/mol. The highest BCUT2D eigenvalue weighted by molar-refractivity contribution is 5.69. The predicted octanol–water partition coefficient (Wildman–Crippen LogP) is 6.02. The second-order valence-electron chi connectivity index (χ2n) is 6.87. The molecular weight excluding hydrogens is 326 g/mol. The van der Waals surface area contributed by atoms with E-state index in [4.69, 9.17) is 9.47 Å². The smallest absolute Gasteiger partial charge is 0.410 e. The second-order valence-corrected chi connectivity index (χ2v) is 6.87. The summed E-state index contributed by atoms with van der Waals surface area (Å²) in [7, 11) is 0. The molecule has 0 spiro atoms. The van der Waals surface area contributed by atoms with Crippen LogP contribution in [0, 0.1) is 0 Å². The third-order valence-corrected chi connectivity index (χ3v) is 3.73. The number of carbonyl (C=O) groups is 1. The Hall–Kier alpha value is -1.97. The molecule has 1 aliphatic rings. The molecule has 0 aromatic heterocycles. The molecule has 0 radical (unpaired) electrons. The number of nitrogens with zero attached hydrogens (tertiary/aromatic N) is 1. The highest BCUT2D eigenvalue weighted by Gasteiger charge is 2.35. The van der Waals surface area contributed by atoms with Gasteiger partial charge in [0, 0.05) is 6.54 Å². The number of likely N-dealkylation sites (tertiary alicyclic amines) is 1. The lowest BCUT2D eigenvalue weighted by Gasteiger charge is -2.41. The van der Waals surface area contributed by atoms with Crippen molar-refractivity contribution in [3.05, 3.63) is 48.8 Å². The van der Waals surface area contributed by atoms with Gasteiger partial charge in [0.1, 0.15) is 18.0 Å². The molecule has 148 valence electrons. The number of ether oxygens (including phenoxy) is 2. The van der Waals surface area contributed by atoms with Crippen molar-refractivity contribution < 1.29 is 14.3 Å². The van der Waals surface area contributed by atoms with Gasteiger partial charge in [-0.2, -0.15) is 0 Å². The fourth-order valence-corrected chi connectivity index (χ4v) is 2.26. The van der Waals surface area contributed by atoms with E-state index >= 15 is 0 Å². The molecule has 1 unspecified atom stereocenters. The van der Waals surface area contributed by atoms with Gasteiger partial charge < -0.3 is 14.4 Å². The maximum absolute atomic E-state index is 12.1. The van der Waals surface area contributed by atoms with E-state index in [1.807, 2.05) is 65.8 Å². The molecule has 1 aliphatic heterocycles. The Morgan fingerprint density at radius 2 is 1.92 bits per heavy atom. The first kappa shape index (κ1) is 24.0. The number of amides is 1. The zero-order valence-electron chi connectivity index (χ0n) is 17.5. The first-order valence-electron chi connectivity index (χ1n) is 9.53. The first-order chi connectivity index (χ1) is 12.3. The van der Waals surface area contributed by atoms with Gasteiger partial charge in [-0.05, 0) is 64.7 Å². The molecule has 1 saturated heterocycles. The Kier molecular flexibility index (Phi) is 11.5. The summed E-state index contributed by atoms with van der Waals surface area (Å²) in [6, 6.07) is 0.0727. The zero-order valence-corrected chi connectivity index (χ0v) is 17.5. The molecule has 1 fully saturated rings. The molecule has 0 N–H and O–H groups in total. The summed E-state index contributed by atoms with van der Waals surface area (Å²) < 4.78 is 11.3. The van der Waals surface area contributed by atoms with Crippen LogP contribution in [0.3, 0.4) is 0 Å². The van der Waals surface area contributed by atoms with Crippen LogP contribution in [0.25, 0.3) is 0 Å². The van der Waals surface area contributed by atoms with Gasteiger partial charge in [0.2, 0.25) is 0 Å². The van der Waals surface area contributed by atoms with Crippen molar-refractivity contribution >= 4 is 6.09 Å². The monoisotopic (exact) mass is 363 g/mol. The third-order valence-electron chi connectivity index (χ3n) is 3.73. The van der Waals surface area contributed by atoms with Crippen molar-refractivity contribution in [2.24, 2.45) is 0 Å². The summed E-state index contributed by atoms with van der Waals surface area (Å²) in [5.74, 6) is 0.796. The lowest BCUT2D eigenvalue weighted by Crippen LogP contribution is -2.54. The molecule has 0 saturated carbocycles. The molecule has 0 bridgehead atoms. The van der Waals surface area contributed by atoms with Crippen LogP contribution in [0.5, 0.6) is 0 Å². The maximum atomic E-state index is 12.1. The van der Waals surface area contributed by atoms with Crippen molar-refractivity contribution in [2.75, 3.05) is 13.2 Å². The topological polar surface area (TPSA) is 38.8 Å². The van der Waals surface area contributed by atoms with Crippen LogP contribution in [0.2, 0.25) is 0 Å². The van der Waals surface area contributed by atoms with Gasteiger partial charge in [0.15, 0.2) is 0 Å². The van der Waals surface area contributed by atoms with E-state index in [-0.39, 0.29) is 12.1 Å². The minimum Gasteiger partial charge on any atom is -0.492 e. The molecule has 4 nitrogen and oxygen atoms in total. The van der Waals surface area contributed by atoms with Crippen molar-refractivity contribution in [1.82, 2.24) is 4.90 Å². The molecule has 0 aromatic rings. The Morgan fingerprint density at radius 1 is 1.27 bits per heavy atom. The number of hydrogen-bond acceptors (Lipinski definition) is 3. The average Bonchev–Trinajstić information content (AvgIpc) is 2.56. The summed E-state index contributed by atoms with van der Waals surface area (Å²) in [5.41, 5.74) is 0.639. The fraction of sp³-hybridized carbons (Fsp3) is 0.591. The average molecular weight is 364 g/mol. The summed E-state index contributed by atoms with van der Waals surface area (Å²) in [6.45, 7) is 20.3. The van der Waals surface area contributed by atoms with Crippen LogP contribution in [0.4, 0.5) is 4.79 Å². The number of carbonyl (C=O) groups excluding carboxylic acids is 1. The van der Waals surface area contributed by atoms with Gasteiger partial charge >= 0.3 is 6.09 Å². The fourth-order valence-electron chi connectivity index (χ4n) is 2.26. The second kappa shape index (κ2) is 12.4. The molecule has 1 heterocycles. The van der Waals surface area contributed by atoms with E-state index in [9.17, 15) is 4.79 Å². The molecule has 1 rings (SSSR count). The molecule has 4 heteroatoms. The van der Waals surface area contributed by atoms with Gasteiger partial charge in [0.25, 0.3) is 0 Å². The van der Waals surface area contributed by atoms with Gasteiger partial charge in [-0.15, -0.1) is 6.58 Å². The van der Waals surface area contributed by atoms with Crippen LogP contribution in [0.15, 0.2) is 48.8 Å². The van der Waals surface area contributed by atoms with Crippen LogP contribution in [0.1, 0.15) is 60.8 Å². The Labute approximate surface area is 160 Å². The summed E-state index contributed by atoms with van der Waals surface area (Å²) >= 11 is 0. The highest BCUT2D eigenvalue weighted by Crippen LogP contribution is 2.22. The minimum absolute atomic E-state index is 0.0727. The van der Waals surface area contributed by atoms with E-state index < -0.39 is 5.60 Å². The van der Waals surface area contributed by atoms with Gasteiger partial charge in [-0.1, -0.05) is 32.6 Å². The Morgan fingerprint density at radius 3 is 2.35 bits per heavy atom. The largest absolute Gasteiger partial charge is 0.492 e. The summed E-state index contributed by atoms with van der Waals surface area (Å²) in [4.78, 5) is 13.8. The first-order valence-corrected chi connectivity index (χ1v) is 9.53. The SMILES string of the molecule is C=CCC/C(C=C)=C/C(=C\C)OCC1CCN1C(=O)OC(C)(C)C.CC. The minimum atomic E-state index is -0.473. The zero-order chi connectivity index (χ0) is 20.2. The molecular formula is C22H37NO3. The molecule has 0 aliphatic carbocycles. The summed E-state index contributed by atoms with van der Waals surface area (Å²) in [6.07, 6.45) is 10.1. The Balaban J connectivity index is 0.00000301. The van der Waals surface area contributed by atoms with E-state index in [0.29, 0.717) is 6.61 Å². The molecule has 1 amide bonds. The maximum Gasteiger partial charge on any atom is 0.410 e. The van der Waals surface area contributed by atoms with Gasteiger partial charge in [0.05, 0.1) is 6.04 Å². The van der Waals surface area contributed by atoms with E-state index in [0.717, 1.165) is 37.1 Å². The number of rotatable bonds is 8.